The second-order valence-corrected chi connectivity index (χ2v) is 2.44. The normalized spacial score (nSPS) is 13.1. The molecule has 0 saturated carbocycles. The van der Waals surface area contributed by atoms with Gasteiger partial charge in [-0.1, -0.05) is 27.2 Å². The van der Waals surface area contributed by atoms with Crippen LogP contribution in [-0.4, -0.2) is 6.10 Å². The zero-order valence-electron chi connectivity index (χ0n) is 6.27. The van der Waals surface area contributed by atoms with Gasteiger partial charge < -0.3 is 5.11 Å². The molecule has 0 rings (SSSR count). The van der Waals surface area contributed by atoms with Crippen LogP contribution in [0.1, 0.15) is 27.2 Å². The summed E-state index contributed by atoms with van der Waals surface area (Å²) in [7, 11) is 0. The molecule has 0 aromatic rings. The average Bonchev–Trinajstić information content (AvgIpc) is 1.27. The molecule has 0 radical (unpaired) electrons. The fourth-order valence-electron chi connectivity index (χ4n) is 0.664. The Labute approximate surface area is 73.8 Å². The van der Waals surface area contributed by atoms with Gasteiger partial charge in [0.05, 0.1) is 0 Å². The smallest absolute Gasteiger partial charge is 0.852 e. The Morgan fingerprint density at radius 3 is 1.62 bits per heavy atom. The molecule has 0 amide bonds. The van der Waals surface area contributed by atoms with E-state index in [0.717, 1.165) is 6.42 Å². The topological polar surface area (TPSA) is 23.1 Å². The molecule has 0 aliphatic carbocycles. The van der Waals surface area contributed by atoms with Crippen LogP contribution in [0.4, 0.5) is 0 Å². The van der Waals surface area contributed by atoms with Crippen molar-refractivity contribution in [2.24, 2.45) is 5.92 Å². The van der Waals surface area contributed by atoms with Crippen LogP contribution in [0, 0.1) is 5.92 Å². The average molecular weight is 124 g/mol. The second-order valence-electron chi connectivity index (χ2n) is 2.44. The van der Waals surface area contributed by atoms with E-state index >= 15 is 0 Å². The summed E-state index contributed by atoms with van der Waals surface area (Å²) in [5.41, 5.74) is 0. The van der Waals surface area contributed by atoms with Crippen molar-refractivity contribution in [3.8, 4) is 0 Å². The van der Waals surface area contributed by atoms with E-state index in [4.69, 9.17) is 0 Å². The van der Waals surface area contributed by atoms with Crippen molar-refractivity contribution < 1.29 is 34.7 Å². The molecule has 0 aromatic heterocycles. The Balaban J connectivity index is 0. The predicted molar refractivity (Wildman–Crippen MR) is 28.9 cm³/mol. The number of hydrogen-bond donors (Lipinski definition) is 0. The van der Waals surface area contributed by atoms with Crippen molar-refractivity contribution in [1.82, 2.24) is 0 Å². The van der Waals surface area contributed by atoms with Gasteiger partial charge in [-0.05, 0) is 5.92 Å². The van der Waals surface area contributed by atoms with Crippen LogP contribution in [0.2, 0.25) is 0 Å². The Hall–Kier alpha value is 0.960. The fourth-order valence-corrected chi connectivity index (χ4v) is 0.664. The SMILES string of the molecule is CC(C)CC(C)[O-].[Na+]. The van der Waals surface area contributed by atoms with Crippen molar-refractivity contribution >= 4 is 0 Å². The molecule has 0 heterocycles. The van der Waals surface area contributed by atoms with E-state index in [9.17, 15) is 5.11 Å². The van der Waals surface area contributed by atoms with Gasteiger partial charge in [0, 0.05) is 0 Å². The molecule has 0 bridgehead atoms. The minimum Gasteiger partial charge on any atom is -0.852 e. The van der Waals surface area contributed by atoms with Gasteiger partial charge in [-0.3, -0.25) is 0 Å². The Morgan fingerprint density at radius 1 is 1.25 bits per heavy atom. The van der Waals surface area contributed by atoms with Crippen molar-refractivity contribution in [3.63, 3.8) is 0 Å². The molecule has 0 fully saturated rings. The van der Waals surface area contributed by atoms with Crippen LogP contribution < -0.4 is 34.7 Å². The van der Waals surface area contributed by atoms with Crippen molar-refractivity contribution in [1.29, 1.82) is 0 Å². The van der Waals surface area contributed by atoms with Crippen LogP contribution >= 0.6 is 0 Å². The van der Waals surface area contributed by atoms with Crippen molar-refractivity contribution in [2.75, 3.05) is 0 Å². The number of rotatable bonds is 2. The summed E-state index contributed by atoms with van der Waals surface area (Å²) in [6.07, 6.45) is 0.431. The molecular weight excluding hydrogens is 111 g/mol. The molecule has 0 spiro atoms. The minimum absolute atomic E-state index is 0. The van der Waals surface area contributed by atoms with Crippen LogP contribution in [0.3, 0.4) is 0 Å². The van der Waals surface area contributed by atoms with Gasteiger partial charge in [-0.25, -0.2) is 0 Å². The van der Waals surface area contributed by atoms with E-state index in [1.165, 1.54) is 0 Å². The van der Waals surface area contributed by atoms with E-state index < -0.39 is 0 Å². The zero-order chi connectivity index (χ0) is 5.86. The van der Waals surface area contributed by atoms with Gasteiger partial charge in [0.15, 0.2) is 0 Å². The van der Waals surface area contributed by atoms with Gasteiger partial charge in [-0.15, -0.1) is 6.10 Å². The molecule has 1 nitrogen and oxygen atoms in total. The van der Waals surface area contributed by atoms with Crippen molar-refractivity contribution in [3.05, 3.63) is 0 Å². The molecule has 0 saturated heterocycles. The third-order valence-electron chi connectivity index (χ3n) is 0.803. The first-order chi connectivity index (χ1) is 3.13. The first kappa shape index (κ1) is 11.7. The summed E-state index contributed by atoms with van der Waals surface area (Å²) in [5, 5.41) is 10.3. The van der Waals surface area contributed by atoms with Gasteiger partial charge in [-0.2, -0.15) is 0 Å². The Kier molecular flexibility index (Phi) is 8.92. The summed E-state index contributed by atoms with van der Waals surface area (Å²) in [4.78, 5) is 0. The molecule has 8 heavy (non-hydrogen) atoms. The summed E-state index contributed by atoms with van der Waals surface area (Å²) < 4.78 is 0. The van der Waals surface area contributed by atoms with E-state index in [1.807, 2.05) is 0 Å². The maximum atomic E-state index is 10.3. The van der Waals surface area contributed by atoms with Gasteiger partial charge >= 0.3 is 29.6 Å². The summed E-state index contributed by atoms with van der Waals surface area (Å²) >= 11 is 0. The van der Waals surface area contributed by atoms with Crippen LogP contribution in [0.5, 0.6) is 0 Å². The molecular formula is C6H13NaO. The van der Waals surface area contributed by atoms with Crippen LogP contribution in [0.15, 0.2) is 0 Å². The monoisotopic (exact) mass is 124 g/mol. The van der Waals surface area contributed by atoms with Crippen LogP contribution in [-0.2, 0) is 0 Å². The maximum absolute atomic E-state index is 10.3. The van der Waals surface area contributed by atoms with Gasteiger partial charge in [0.2, 0.25) is 0 Å². The second kappa shape index (κ2) is 6.09. The molecule has 0 aliphatic rings. The maximum Gasteiger partial charge on any atom is 1.00 e. The fraction of sp³-hybridized carbons (Fsp3) is 1.00. The molecule has 1 atom stereocenters. The van der Waals surface area contributed by atoms with E-state index in [0.29, 0.717) is 5.92 Å². The quantitative estimate of drug-likeness (QED) is 0.383. The first-order valence-corrected chi connectivity index (χ1v) is 2.78. The van der Waals surface area contributed by atoms with Gasteiger partial charge in [0.1, 0.15) is 0 Å². The summed E-state index contributed by atoms with van der Waals surface area (Å²) in [6.45, 7) is 5.84. The molecule has 1 unspecified atom stereocenters. The number of hydrogen-bond acceptors (Lipinski definition) is 1. The molecule has 2 heteroatoms. The largest absolute Gasteiger partial charge is 1.00 e. The molecule has 44 valence electrons. The van der Waals surface area contributed by atoms with Gasteiger partial charge in [0.25, 0.3) is 0 Å². The first-order valence-electron chi connectivity index (χ1n) is 2.78. The Bertz CT molecular complexity index is 37.8. The summed E-state index contributed by atoms with van der Waals surface area (Å²) in [5.74, 6) is 0.562. The zero-order valence-corrected chi connectivity index (χ0v) is 8.27. The van der Waals surface area contributed by atoms with Crippen LogP contribution in [0.25, 0.3) is 0 Å². The summed E-state index contributed by atoms with van der Waals surface area (Å²) in [6, 6.07) is 0. The third kappa shape index (κ3) is 10.0. The van der Waals surface area contributed by atoms with Crippen molar-refractivity contribution in [2.45, 2.75) is 33.3 Å². The third-order valence-corrected chi connectivity index (χ3v) is 0.803. The van der Waals surface area contributed by atoms with E-state index in [2.05, 4.69) is 13.8 Å². The van der Waals surface area contributed by atoms with E-state index in [1.54, 1.807) is 6.92 Å². The molecule has 0 N–H and O–H groups in total. The molecule has 0 aliphatic heterocycles. The Morgan fingerprint density at radius 2 is 1.62 bits per heavy atom. The standard InChI is InChI=1S/C6H13O.Na/c1-5(2)4-6(3)7;/h5-6H,4H2,1-3H3;/q-1;+1. The molecule has 0 aromatic carbocycles. The predicted octanol–water partition coefficient (Wildman–Crippen LogP) is -2.21. The van der Waals surface area contributed by atoms with E-state index in [-0.39, 0.29) is 35.7 Å². The minimum atomic E-state index is -0.375.